The Hall–Kier alpha value is -2.13. The van der Waals surface area contributed by atoms with Gasteiger partial charge in [-0.05, 0) is 140 Å². The second-order valence-electron chi connectivity index (χ2n) is 14.2. The molecule has 5 rings (SSSR count). The molecule has 2 aromatic rings. The Bertz CT molecular complexity index is 1480. The molecule has 1 saturated carbocycles. The number of hydrogen-bond donors (Lipinski definition) is 2. The van der Waals surface area contributed by atoms with Crippen molar-refractivity contribution in [2.45, 2.75) is 110 Å². The van der Waals surface area contributed by atoms with E-state index in [1.165, 1.54) is 31.0 Å². The van der Waals surface area contributed by atoms with Crippen molar-refractivity contribution in [2.75, 3.05) is 0 Å². The normalized spacial score (nSPS) is 26.3. The standard InChI is InChI=1S/C34H44N2O3S2/c1-31(2)18-25(19-32(3,4)35(31)38)28-13-12-27(41-28)17-23-11-9-10-22(29(23)37)16-24-14-15-40-30(24)26-20-33(5,6)36(39)34(7,8)21-26/h12-18,20,38-39H,9-11,19,21H2,1-8H3/b22-16?,23-17+. The van der Waals surface area contributed by atoms with Crippen molar-refractivity contribution in [2.24, 2.45) is 0 Å². The predicted octanol–water partition coefficient (Wildman–Crippen LogP) is 9.10. The summed E-state index contributed by atoms with van der Waals surface area (Å²) < 4.78 is 0. The average Bonchev–Trinajstić information content (AvgIpc) is 3.52. The smallest absolute Gasteiger partial charge is 0.185 e. The minimum atomic E-state index is -0.474. The van der Waals surface area contributed by atoms with Gasteiger partial charge in [0.2, 0.25) is 0 Å². The number of carbonyl (C=O) groups is 1. The lowest BCUT2D eigenvalue weighted by Crippen LogP contribution is -2.55. The first-order chi connectivity index (χ1) is 19.0. The van der Waals surface area contributed by atoms with Crippen LogP contribution in [0.1, 0.15) is 108 Å². The van der Waals surface area contributed by atoms with E-state index < -0.39 is 11.1 Å². The van der Waals surface area contributed by atoms with E-state index in [4.69, 9.17) is 0 Å². The van der Waals surface area contributed by atoms with Gasteiger partial charge in [0.25, 0.3) is 0 Å². The van der Waals surface area contributed by atoms with E-state index in [-0.39, 0.29) is 16.9 Å². The predicted molar refractivity (Wildman–Crippen MR) is 172 cm³/mol. The lowest BCUT2D eigenvalue weighted by Gasteiger charge is -2.47. The molecule has 220 valence electrons. The van der Waals surface area contributed by atoms with Crippen LogP contribution in [0.5, 0.6) is 0 Å². The van der Waals surface area contributed by atoms with E-state index in [0.717, 1.165) is 53.7 Å². The molecule has 4 heterocycles. The highest BCUT2D eigenvalue weighted by Gasteiger charge is 2.42. The molecule has 3 aliphatic rings. The zero-order valence-corrected chi connectivity index (χ0v) is 27.3. The quantitative estimate of drug-likeness (QED) is 0.347. The molecule has 7 heteroatoms. The van der Waals surface area contributed by atoms with Crippen molar-refractivity contribution in [3.05, 3.63) is 67.1 Å². The maximum Gasteiger partial charge on any atom is 0.185 e. The second kappa shape index (κ2) is 10.5. The molecule has 1 fully saturated rings. The molecule has 0 atom stereocenters. The van der Waals surface area contributed by atoms with Crippen LogP contribution in [0.15, 0.2) is 46.9 Å². The summed E-state index contributed by atoms with van der Waals surface area (Å²) in [4.78, 5) is 17.2. The second-order valence-corrected chi connectivity index (χ2v) is 16.2. The molecule has 0 bridgehead atoms. The Kier molecular flexibility index (Phi) is 7.80. The molecule has 0 spiro atoms. The molecule has 0 amide bonds. The third-order valence-corrected chi connectivity index (χ3v) is 10.7. The van der Waals surface area contributed by atoms with E-state index >= 15 is 0 Å². The average molecular weight is 593 g/mol. The van der Waals surface area contributed by atoms with Crippen molar-refractivity contribution < 1.29 is 15.2 Å². The van der Waals surface area contributed by atoms with Crippen LogP contribution in [0.3, 0.4) is 0 Å². The molecule has 0 saturated heterocycles. The van der Waals surface area contributed by atoms with Gasteiger partial charge in [-0.2, -0.15) is 10.1 Å². The van der Waals surface area contributed by atoms with Crippen LogP contribution in [0.25, 0.3) is 23.3 Å². The van der Waals surface area contributed by atoms with Crippen molar-refractivity contribution in [1.82, 2.24) is 10.1 Å². The van der Waals surface area contributed by atoms with Crippen molar-refractivity contribution >= 4 is 51.8 Å². The third-order valence-electron chi connectivity index (χ3n) is 8.59. The SMILES string of the molecule is CC1(C)C=C(c2ccc(/C=C3\CCCC(=Cc4ccsc4C4=CC(C)(C)N(O)C(C)(C)C4)C3=O)s2)CC(C)(C)N1O. The van der Waals surface area contributed by atoms with Crippen molar-refractivity contribution in [1.29, 1.82) is 0 Å². The number of Topliss-reactive ketones (excluding diaryl/α,β-unsaturated/α-hetero) is 1. The van der Waals surface area contributed by atoms with Crippen molar-refractivity contribution in [3.8, 4) is 0 Å². The number of nitrogens with zero attached hydrogens (tertiary/aromatic N) is 2. The summed E-state index contributed by atoms with van der Waals surface area (Å²) in [7, 11) is 0. The molecule has 2 aromatic heterocycles. The number of hydroxylamine groups is 4. The maximum absolute atomic E-state index is 13.7. The highest BCUT2D eigenvalue weighted by atomic mass is 32.1. The Morgan fingerprint density at radius 3 is 1.95 bits per heavy atom. The minimum absolute atomic E-state index is 0.151. The highest BCUT2D eigenvalue weighted by molar-refractivity contribution is 7.14. The first-order valence-corrected chi connectivity index (χ1v) is 16.3. The van der Waals surface area contributed by atoms with Gasteiger partial charge < -0.3 is 10.4 Å². The molecular formula is C34H44N2O3S2. The fourth-order valence-electron chi connectivity index (χ4n) is 6.86. The first kappa shape index (κ1) is 30.3. The van der Waals surface area contributed by atoms with E-state index in [9.17, 15) is 15.2 Å². The summed E-state index contributed by atoms with van der Waals surface area (Å²) in [6.45, 7) is 16.4. The molecule has 5 nitrogen and oxygen atoms in total. The summed E-state index contributed by atoms with van der Waals surface area (Å²) in [5, 5.41) is 26.4. The summed E-state index contributed by atoms with van der Waals surface area (Å²) in [5.74, 6) is 0.151. The molecule has 2 N–H and O–H groups in total. The summed E-state index contributed by atoms with van der Waals surface area (Å²) in [6.07, 6.45) is 12.6. The van der Waals surface area contributed by atoms with Crippen LogP contribution < -0.4 is 0 Å². The summed E-state index contributed by atoms with van der Waals surface area (Å²) in [6, 6.07) is 6.38. The van der Waals surface area contributed by atoms with E-state index in [0.29, 0.717) is 0 Å². The molecule has 0 aromatic carbocycles. The molecular weight excluding hydrogens is 549 g/mol. The van der Waals surface area contributed by atoms with Gasteiger partial charge in [0, 0.05) is 36.9 Å². The van der Waals surface area contributed by atoms with Crippen LogP contribution in [-0.2, 0) is 4.79 Å². The van der Waals surface area contributed by atoms with Gasteiger partial charge in [-0.1, -0.05) is 12.2 Å². The molecule has 1 aliphatic carbocycles. The maximum atomic E-state index is 13.7. The number of thiophene rings is 2. The summed E-state index contributed by atoms with van der Waals surface area (Å²) in [5.41, 5.74) is 3.66. The Morgan fingerprint density at radius 1 is 0.780 bits per heavy atom. The third kappa shape index (κ3) is 5.90. The molecule has 41 heavy (non-hydrogen) atoms. The Labute approximate surface area is 253 Å². The molecule has 2 aliphatic heterocycles. The van der Waals surface area contributed by atoms with E-state index in [1.807, 2.05) is 27.7 Å². The van der Waals surface area contributed by atoms with Gasteiger partial charge in [0.1, 0.15) is 0 Å². The number of rotatable bonds is 4. The van der Waals surface area contributed by atoms with Gasteiger partial charge in [0.15, 0.2) is 5.78 Å². The van der Waals surface area contributed by atoms with Gasteiger partial charge in [-0.25, -0.2) is 0 Å². The Morgan fingerprint density at radius 2 is 1.34 bits per heavy atom. The van der Waals surface area contributed by atoms with Crippen LogP contribution in [0, 0.1) is 0 Å². The number of carbonyl (C=O) groups excluding carboxylic acids is 1. The fraction of sp³-hybridized carbons (Fsp3) is 0.500. The van der Waals surface area contributed by atoms with Gasteiger partial charge in [-0.15, -0.1) is 22.7 Å². The van der Waals surface area contributed by atoms with Crippen molar-refractivity contribution in [3.63, 3.8) is 0 Å². The minimum Gasteiger partial charge on any atom is -0.313 e. The van der Waals surface area contributed by atoms with Gasteiger partial charge in [0.05, 0.1) is 11.1 Å². The van der Waals surface area contributed by atoms with Crippen LogP contribution >= 0.6 is 22.7 Å². The van der Waals surface area contributed by atoms with Crippen LogP contribution in [0.2, 0.25) is 0 Å². The number of allylic oxidation sites excluding steroid dienone is 2. The topological polar surface area (TPSA) is 64.0 Å². The van der Waals surface area contributed by atoms with Gasteiger partial charge in [-0.3, -0.25) is 4.79 Å². The zero-order chi connectivity index (χ0) is 30.0. The fourth-order valence-corrected chi connectivity index (χ4v) is 8.74. The lowest BCUT2D eigenvalue weighted by molar-refractivity contribution is -0.211. The van der Waals surface area contributed by atoms with E-state index in [2.05, 4.69) is 75.6 Å². The first-order valence-electron chi connectivity index (χ1n) is 14.6. The van der Waals surface area contributed by atoms with Crippen LogP contribution in [-0.4, -0.2) is 48.5 Å². The zero-order valence-electron chi connectivity index (χ0n) is 25.7. The van der Waals surface area contributed by atoms with Crippen LogP contribution in [0.4, 0.5) is 0 Å². The number of hydrogen-bond acceptors (Lipinski definition) is 7. The lowest BCUT2D eigenvalue weighted by atomic mass is 9.81. The highest BCUT2D eigenvalue weighted by Crippen LogP contribution is 2.44. The summed E-state index contributed by atoms with van der Waals surface area (Å²) >= 11 is 3.43. The largest absolute Gasteiger partial charge is 0.313 e. The Balaban J connectivity index is 1.40. The van der Waals surface area contributed by atoms with Gasteiger partial charge >= 0.3 is 0 Å². The monoisotopic (exact) mass is 592 g/mol. The van der Waals surface area contributed by atoms with E-state index in [1.54, 1.807) is 22.7 Å². The number of ketones is 1. The molecule has 0 radical (unpaired) electrons. The molecule has 0 unspecified atom stereocenters.